The van der Waals surface area contributed by atoms with E-state index in [0.29, 0.717) is 10.7 Å². The van der Waals surface area contributed by atoms with E-state index in [9.17, 15) is 4.79 Å². The lowest BCUT2D eigenvalue weighted by molar-refractivity contribution is -0.119. The summed E-state index contributed by atoms with van der Waals surface area (Å²) >= 11 is 5.90. The van der Waals surface area contributed by atoms with Gasteiger partial charge in [-0.2, -0.15) is 5.10 Å². The molecule has 0 radical (unpaired) electrons. The van der Waals surface area contributed by atoms with Gasteiger partial charge in [0, 0.05) is 18.4 Å². The number of hydrogen-bond donors (Lipinski definition) is 1. The van der Waals surface area contributed by atoms with Crippen LogP contribution < -0.4 is 10.6 Å². The van der Waals surface area contributed by atoms with Gasteiger partial charge in [0.2, 0.25) is 5.91 Å². The van der Waals surface area contributed by atoms with Crippen molar-refractivity contribution in [2.75, 3.05) is 17.7 Å². The quantitative estimate of drug-likeness (QED) is 0.875. The lowest BCUT2D eigenvalue weighted by atomic mass is 10.2. The maximum absolute atomic E-state index is 12.2. The molecular weight excluding hydrogens is 264 g/mol. The number of carbonyl (C=O) groups is 1. The zero-order chi connectivity index (χ0) is 14.0. The van der Waals surface area contributed by atoms with Crippen LogP contribution >= 0.6 is 11.6 Å². The van der Waals surface area contributed by atoms with Gasteiger partial charge in [0.25, 0.3) is 0 Å². The Kier molecular flexibility index (Phi) is 3.76. The third-order valence-electron chi connectivity index (χ3n) is 2.98. The number of hydrogen-bond acceptors (Lipinski definition) is 3. The summed E-state index contributed by atoms with van der Waals surface area (Å²) in [5.41, 5.74) is 7.85. The minimum Gasteiger partial charge on any atom is -0.399 e. The summed E-state index contributed by atoms with van der Waals surface area (Å²) in [7, 11) is 1.72. The molecule has 1 heterocycles. The van der Waals surface area contributed by atoms with Crippen molar-refractivity contribution in [1.82, 2.24) is 9.78 Å². The Balaban J connectivity index is 2.11. The Morgan fingerprint density at radius 1 is 1.42 bits per heavy atom. The molecule has 2 N–H and O–H groups in total. The van der Waals surface area contributed by atoms with Gasteiger partial charge >= 0.3 is 0 Å². The second kappa shape index (κ2) is 5.32. The van der Waals surface area contributed by atoms with Crippen LogP contribution in [0.5, 0.6) is 0 Å². The first kappa shape index (κ1) is 13.4. The molecule has 0 aliphatic carbocycles. The van der Waals surface area contributed by atoms with Gasteiger partial charge in [0.1, 0.15) is 6.54 Å². The van der Waals surface area contributed by atoms with Gasteiger partial charge in [0.05, 0.1) is 16.9 Å². The predicted octanol–water partition coefficient (Wildman–Crippen LogP) is 2.09. The number of nitrogens with two attached hydrogens (primary N) is 1. The first-order valence-corrected chi connectivity index (χ1v) is 6.17. The van der Waals surface area contributed by atoms with E-state index in [0.717, 1.165) is 11.4 Å². The Morgan fingerprint density at radius 2 is 2.05 bits per heavy atom. The number of likely N-dealkylation sites (N-methyl/N-ethyl adjacent to an activating group) is 1. The largest absolute Gasteiger partial charge is 0.399 e. The van der Waals surface area contributed by atoms with Gasteiger partial charge in [-0.3, -0.25) is 9.48 Å². The van der Waals surface area contributed by atoms with E-state index < -0.39 is 0 Å². The summed E-state index contributed by atoms with van der Waals surface area (Å²) in [4.78, 5) is 13.7. The molecule has 0 unspecified atom stereocenters. The SMILES string of the molecule is Cc1c(Cl)cnn1CC(=O)N(C)c1ccc(N)cc1. The highest BCUT2D eigenvalue weighted by Gasteiger charge is 2.14. The van der Waals surface area contributed by atoms with Crippen molar-refractivity contribution in [3.8, 4) is 0 Å². The second-order valence-corrected chi connectivity index (χ2v) is 4.69. The topological polar surface area (TPSA) is 64.2 Å². The molecule has 6 heteroatoms. The number of aromatic nitrogens is 2. The minimum atomic E-state index is -0.0763. The van der Waals surface area contributed by atoms with Crippen molar-refractivity contribution in [3.05, 3.63) is 41.2 Å². The Hall–Kier alpha value is -2.01. The first-order chi connectivity index (χ1) is 8.99. The smallest absolute Gasteiger partial charge is 0.248 e. The van der Waals surface area contributed by atoms with Crippen LogP contribution in [0.4, 0.5) is 11.4 Å². The van der Waals surface area contributed by atoms with Gasteiger partial charge in [-0.05, 0) is 31.2 Å². The van der Waals surface area contributed by atoms with E-state index in [4.69, 9.17) is 17.3 Å². The van der Waals surface area contributed by atoms with E-state index in [-0.39, 0.29) is 12.5 Å². The van der Waals surface area contributed by atoms with Crippen molar-refractivity contribution in [1.29, 1.82) is 0 Å². The molecule has 0 atom stereocenters. The summed E-state index contributed by atoms with van der Waals surface area (Å²) in [6.45, 7) is 1.98. The highest BCUT2D eigenvalue weighted by Crippen LogP contribution is 2.17. The Labute approximate surface area is 116 Å². The van der Waals surface area contributed by atoms with E-state index >= 15 is 0 Å². The van der Waals surface area contributed by atoms with Gasteiger partial charge in [-0.15, -0.1) is 0 Å². The van der Waals surface area contributed by atoms with Crippen molar-refractivity contribution in [2.45, 2.75) is 13.5 Å². The van der Waals surface area contributed by atoms with Crippen LogP contribution in [0, 0.1) is 6.92 Å². The molecule has 1 aromatic carbocycles. The van der Waals surface area contributed by atoms with E-state index in [2.05, 4.69) is 5.10 Å². The van der Waals surface area contributed by atoms with Crippen molar-refractivity contribution < 1.29 is 4.79 Å². The molecule has 19 heavy (non-hydrogen) atoms. The Morgan fingerprint density at radius 3 is 2.58 bits per heavy atom. The molecule has 0 bridgehead atoms. The maximum atomic E-state index is 12.2. The molecule has 2 rings (SSSR count). The van der Waals surface area contributed by atoms with Gasteiger partial charge in [0.15, 0.2) is 0 Å². The highest BCUT2D eigenvalue weighted by molar-refractivity contribution is 6.31. The highest BCUT2D eigenvalue weighted by atomic mass is 35.5. The average molecular weight is 279 g/mol. The number of rotatable bonds is 3. The molecule has 0 saturated carbocycles. The molecule has 1 amide bonds. The standard InChI is InChI=1S/C13H15ClN4O/c1-9-12(14)7-16-18(9)8-13(19)17(2)11-5-3-10(15)4-6-11/h3-7H,8,15H2,1-2H3. The lowest BCUT2D eigenvalue weighted by Gasteiger charge is -2.18. The van der Waals surface area contributed by atoms with Crippen molar-refractivity contribution >= 4 is 28.9 Å². The molecule has 100 valence electrons. The first-order valence-electron chi connectivity index (χ1n) is 5.79. The molecule has 2 aromatic rings. The third-order valence-corrected chi connectivity index (χ3v) is 3.35. The van der Waals surface area contributed by atoms with Crippen molar-refractivity contribution in [3.63, 3.8) is 0 Å². The zero-order valence-electron chi connectivity index (χ0n) is 10.8. The summed E-state index contributed by atoms with van der Waals surface area (Å²) < 4.78 is 1.58. The summed E-state index contributed by atoms with van der Waals surface area (Å²) in [6.07, 6.45) is 1.54. The van der Waals surface area contributed by atoms with E-state index in [1.165, 1.54) is 6.20 Å². The summed E-state index contributed by atoms with van der Waals surface area (Å²) in [5, 5.41) is 4.62. The predicted molar refractivity (Wildman–Crippen MR) is 76.2 cm³/mol. The molecule has 0 spiro atoms. The fraction of sp³-hybridized carbons (Fsp3) is 0.231. The number of amides is 1. The zero-order valence-corrected chi connectivity index (χ0v) is 11.6. The number of nitrogen functional groups attached to an aromatic ring is 1. The fourth-order valence-electron chi connectivity index (χ4n) is 1.66. The Bertz CT molecular complexity index is 591. The van der Waals surface area contributed by atoms with E-state index in [1.54, 1.807) is 40.9 Å². The van der Waals surface area contributed by atoms with E-state index in [1.807, 2.05) is 6.92 Å². The van der Waals surface area contributed by atoms with Crippen LogP contribution in [-0.2, 0) is 11.3 Å². The summed E-state index contributed by atoms with van der Waals surface area (Å²) in [6, 6.07) is 7.12. The van der Waals surface area contributed by atoms with Crippen molar-refractivity contribution in [2.24, 2.45) is 0 Å². The maximum Gasteiger partial charge on any atom is 0.248 e. The lowest BCUT2D eigenvalue weighted by Crippen LogP contribution is -2.30. The molecule has 0 aliphatic heterocycles. The molecule has 0 aliphatic rings. The number of carbonyl (C=O) groups excluding carboxylic acids is 1. The minimum absolute atomic E-state index is 0.0763. The van der Waals surface area contributed by atoms with Crippen LogP contribution in [0.25, 0.3) is 0 Å². The van der Waals surface area contributed by atoms with Crippen LogP contribution in [0.3, 0.4) is 0 Å². The fourth-order valence-corrected chi connectivity index (χ4v) is 1.80. The molecule has 0 saturated heterocycles. The van der Waals surface area contributed by atoms with Gasteiger partial charge in [-0.1, -0.05) is 11.6 Å². The van der Waals surface area contributed by atoms with Gasteiger partial charge < -0.3 is 10.6 Å². The van der Waals surface area contributed by atoms with Gasteiger partial charge in [-0.25, -0.2) is 0 Å². The molecular formula is C13H15ClN4O. The number of benzene rings is 1. The third kappa shape index (κ3) is 2.88. The summed E-state index contributed by atoms with van der Waals surface area (Å²) in [5.74, 6) is -0.0763. The van der Waals surface area contributed by atoms with Crippen LogP contribution in [0.1, 0.15) is 5.69 Å². The molecule has 1 aromatic heterocycles. The van der Waals surface area contributed by atoms with Crippen LogP contribution in [0.2, 0.25) is 5.02 Å². The number of anilines is 2. The number of nitrogens with zero attached hydrogens (tertiary/aromatic N) is 3. The average Bonchev–Trinajstić information content (AvgIpc) is 2.71. The monoisotopic (exact) mass is 278 g/mol. The number of halogens is 1. The molecule has 0 fully saturated rings. The van der Waals surface area contributed by atoms with Crippen LogP contribution in [0.15, 0.2) is 30.5 Å². The second-order valence-electron chi connectivity index (χ2n) is 4.28. The normalized spacial score (nSPS) is 10.5. The molecule has 5 nitrogen and oxygen atoms in total. The van der Waals surface area contributed by atoms with Crippen LogP contribution in [-0.4, -0.2) is 22.7 Å².